The Kier molecular flexibility index (Phi) is 6.26. The highest BCUT2D eigenvalue weighted by Crippen LogP contribution is 2.63. The van der Waals surface area contributed by atoms with Crippen LogP contribution in [0.25, 0.3) is 0 Å². The van der Waals surface area contributed by atoms with Crippen LogP contribution < -0.4 is 10.2 Å². The number of hydrogen-bond donors (Lipinski definition) is 2. The summed E-state index contributed by atoms with van der Waals surface area (Å²) in [7, 11) is 1.52. The molecule has 2 N–H and O–H groups in total. The number of fused-ring (bicyclic) bond motifs is 5. The molecule has 0 aromatic heterocycles. The van der Waals surface area contributed by atoms with Crippen LogP contribution in [0.5, 0.6) is 11.5 Å². The first-order valence-electron chi connectivity index (χ1n) is 15.7. The van der Waals surface area contributed by atoms with E-state index in [4.69, 9.17) is 4.74 Å². The van der Waals surface area contributed by atoms with E-state index < -0.39 is 35.0 Å². The lowest BCUT2D eigenvalue weighted by atomic mass is 9.48. The number of nitrogens with zero attached hydrogens (tertiary/aromatic N) is 2. The number of hydrazine groups is 1. The number of nitrogens with one attached hydrogen (secondary N) is 1. The first-order valence-corrected chi connectivity index (χ1v) is 15.7. The van der Waals surface area contributed by atoms with Crippen LogP contribution in [0.1, 0.15) is 29.5 Å². The molecule has 3 heterocycles. The molecule has 1 saturated carbocycles. The van der Waals surface area contributed by atoms with Gasteiger partial charge in [0.25, 0.3) is 11.8 Å². The van der Waals surface area contributed by atoms with Crippen LogP contribution >= 0.6 is 0 Å². The van der Waals surface area contributed by atoms with Crippen molar-refractivity contribution in [3.05, 3.63) is 113 Å². The molecule has 0 bridgehead atoms. The number of imide groups is 2. The van der Waals surface area contributed by atoms with E-state index >= 15 is 4.79 Å². The first kappa shape index (κ1) is 28.3. The van der Waals surface area contributed by atoms with Crippen molar-refractivity contribution in [3.8, 4) is 11.5 Å². The van der Waals surface area contributed by atoms with E-state index in [9.17, 15) is 19.5 Å². The summed E-state index contributed by atoms with van der Waals surface area (Å²) < 4.78 is 6.14. The van der Waals surface area contributed by atoms with Gasteiger partial charge in [-0.2, -0.15) is 5.01 Å². The van der Waals surface area contributed by atoms with Gasteiger partial charge in [-0.3, -0.25) is 29.5 Å². The molecule has 6 atom stereocenters. The number of ether oxygens (including phenoxy) is 1. The number of anilines is 1. The van der Waals surface area contributed by atoms with Crippen LogP contribution in [-0.4, -0.2) is 45.7 Å². The third-order valence-corrected chi connectivity index (χ3v) is 10.8. The summed E-state index contributed by atoms with van der Waals surface area (Å²) in [5, 5.41) is 11.5. The van der Waals surface area contributed by atoms with E-state index in [1.54, 1.807) is 24.5 Å². The molecule has 0 radical (unpaired) electrons. The van der Waals surface area contributed by atoms with Gasteiger partial charge < -0.3 is 9.84 Å². The van der Waals surface area contributed by atoms with Gasteiger partial charge in [0.2, 0.25) is 11.8 Å². The monoisotopic (exact) mass is 615 g/mol. The van der Waals surface area contributed by atoms with E-state index in [-0.39, 0.29) is 35.8 Å². The molecule has 2 aliphatic carbocycles. The maximum absolute atomic E-state index is 15.1. The number of carbonyl (C=O) groups is 4. The molecular weight excluding hydrogens is 582 g/mol. The number of rotatable bonds is 4. The molecule has 3 aromatic carbocycles. The topological polar surface area (TPSA) is 116 Å². The third-order valence-electron chi connectivity index (χ3n) is 10.8. The summed E-state index contributed by atoms with van der Waals surface area (Å²) in [6.07, 6.45) is 4.69. The zero-order chi connectivity index (χ0) is 31.9. The Hall–Kier alpha value is -5.18. The zero-order valence-corrected chi connectivity index (χ0v) is 25.5. The molecule has 0 spiro atoms. The molecule has 4 amide bonds. The van der Waals surface area contributed by atoms with Crippen molar-refractivity contribution in [2.45, 2.75) is 31.6 Å². The smallest absolute Gasteiger partial charge is 0.260 e. The fourth-order valence-electron chi connectivity index (χ4n) is 8.72. The Morgan fingerprint density at radius 2 is 1.67 bits per heavy atom. The quantitative estimate of drug-likeness (QED) is 0.324. The van der Waals surface area contributed by atoms with Gasteiger partial charge in [0.1, 0.15) is 11.5 Å². The number of hydrogen-bond acceptors (Lipinski definition) is 7. The number of carbonyl (C=O) groups excluding carboxylic acids is 4. The van der Waals surface area contributed by atoms with Gasteiger partial charge in [0.15, 0.2) is 0 Å². The van der Waals surface area contributed by atoms with Gasteiger partial charge in [-0.15, -0.1) is 0 Å². The molecule has 9 nitrogen and oxygen atoms in total. The molecule has 3 aromatic rings. The average molecular weight is 616 g/mol. The maximum Gasteiger partial charge on any atom is 0.260 e. The number of benzene rings is 3. The second kappa shape index (κ2) is 10.2. The second-order valence-corrected chi connectivity index (χ2v) is 13.1. The summed E-state index contributed by atoms with van der Waals surface area (Å²) >= 11 is 0. The van der Waals surface area contributed by atoms with Gasteiger partial charge in [0.05, 0.1) is 35.1 Å². The number of likely N-dealkylation sites (tertiary alicyclic amines) is 1. The van der Waals surface area contributed by atoms with E-state index in [1.807, 2.05) is 67.6 Å². The number of amides is 4. The van der Waals surface area contributed by atoms with Crippen LogP contribution in [0.3, 0.4) is 0 Å². The lowest BCUT2D eigenvalue weighted by molar-refractivity contribution is -0.140. The molecule has 232 valence electrons. The van der Waals surface area contributed by atoms with Gasteiger partial charge in [-0.1, -0.05) is 59.7 Å². The molecule has 0 unspecified atom stereocenters. The van der Waals surface area contributed by atoms with Gasteiger partial charge in [0, 0.05) is 24.9 Å². The molecule has 2 saturated heterocycles. The molecule has 8 rings (SSSR count). The van der Waals surface area contributed by atoms with Crippen LogP contribution in [0.15, 0.2) is 96.3 Å². The second-order valence-electron chi connectivity index (χ2n) is 13.1. The fraction of sp³-hybridized carbons (Fsp3) is 0.297. The van der Waals surface area contributed by atoms with Crippen molar-refractivity contribution in [3.63, 3.8) is 0 Å². The molecule has 3 aliphatic heterocycles. The first-order chi connectivity index (χ1) is 22.2. The molecule has 3 fully saturated rings. The van der Waals surface area contributed by atoms with Gasteiger partial charge in [-0.25, -0.2) is 0 Å². The highest BCUT2D eigenvalue weighted by Gasteiger charge is 2.70. The highest BCUT2D eigenvalue weighted by atomic mass is 16.5. The number of allylic oxidation sites excluding steroid dienone is 3. The number of phenols is 1. The van der Waals surface area contributed by atoms with E-state index in [0.717, 1.165) is 27.3 Å². The van der Waals surface area contributed by atoms with Crippen LogP contribution in [0.4, 0.5) is 5.69 Å². The maximum atomic E-state index is 15.1. The Bertz CT molecular complexity index is 1880. The van der Waals surface area contributed by atoms with Crippen molar-refractivity contribution in [1.82, 2.24) is 9.91 Å². The Morgan fingerprint density at radius 1 is 0.913 bits per heavy atom. The van der Waals surface area contributed by atoms with Crippen molar-refractivity contribution >= 4 is 29.3 Å². The standard InChI is InChI=1S/C37H33N3O6/c1-20-8-10-24(11-9-20)38-40-34(43)29-18-28-26(13-14-27-31(28)35(44)39(2)33(27)42)32(37(29,36(40)45)23-6-4-3-5-7-23)22-16-21-17-25(41)12-15-30(21)46-19-22/h3-13,15,17,19,27-29,31-32,38,41H,14,16,18H2,1-2H3/t27-,28+,29-,31-,32-,37+/m0/s1. The predicted octanol–water partition coefficient (Wildman–Crippen LogP) is 4.67. The number of aromatic hydroxyl groups is 1. The predicted molar refractivity (Wildman–Crippen MR) is 168 cm³/mol. The van der Waals surface area contributed by atoms with Crippen LogP contribution in [-0.2, 0) is 31.0 Å². The minimum Gasteiger partial charge on any atom is -0.508 e. The van der Waals surface area contributed by atoms with Crippen molar-refractivity contribution in [2.75, 3.05) is 12.5 Å². The molecule has 46 heavy (non-hydrogen) atoms. The fourth-order valence-corrected chi connectivity index (χ4v) is 8.72. The molecule has 5 aliphatic rings. The summed E-state index contributed by atoms with van der Waals surface area (Å²) in [5.41, 5.74) is 6.52. The van der Waals surface area contributed by atoms with Gasteiger partial charge >= 0.3 is 0 Å². The van der Waals surface area contributed by atoms with Crippen LogP contribution in [0.2, 0.25) is 0 Å². The van der Waals surface area contributed by atoms with Crippen LogP contribution in [0, 0.1) is 36.5 Å². The highest BCUT2D eigenvalue weighted by molar-refractivity contribution is 6.13. The Balaban J connectivity index is 1.34. The lowest BCUT2D eigenvalue weighted by Gasteiger charge is -2.51. The minimum atomic E-state index is -1.35. The Morgan fingerprint density at radius 3 is 2.43 bits per heavy atom. The number of aryl methyl sites for hydroxylation is 1. The minimum absolute atomic E-state index is 0.0965. The van der Waals surface area contributed by atoms with Crippen molar-refractivity contribution in [2.24, 2.45) is 29.6 Å². The van der Waals surface area contributed by atoms with Crippen molar-refractivity contribution < 1.29 is 29.0 Å². The van der Waals surface area contributed by atoms with Gasteiger partial charge in [-0.05, 0) is 67.2 Å². The molecular formula is C37H33N3O6. The van der Waals surface area contributed by atoms with Crippen molar-refractivity contribution in [1.29, 1.82) is 0 Å². The normalized spacial score (nSPS) is 29.7. The SMILES string of the molecule is Cc1ccc(NN2C(=O)[C@@H]3C[C@@H]4C(=CC[C@@H]5C(=O)N(C)C(=O)[C@@H]54)[C@H](C4=COc5ccc(O)cc5C4)[C@]3(c3ccccc3)C2=O)cc1. The lowest BCUT2D eigenvalue weighted by Crippen LogP contribution is -2.55. The van der Waals surface area contributed by atoms with E-state index in [2.05, 4.69) is 5.43 Å². The summed E-state index contributed by atoms with van der Waals surface area (Å²) in [6, 6.07) is 21.8. The number of phenolic OH excluding ortho intramolecular Hbond substituents is 1. The Labute approximate surface area is 266 Å². The average Bonchev–Trinajstić information content (AvgIpc) is 3.42. The zero-order valence-electron chi connectivity index (χ0n) is 25.5. The summed E-state index contributed by atoms with van der Waals surface area (Å²) in [4.78, 5) is 57.8. The largest absolute Gasteiger partial charge is 0.508 e. The summed E-state index contributed by atoms with van der Waals surface area (Å²) in [6.45, 7) is 1.96. The van der Waals surface area contributed by atoms with E-state index in [0.29, 0.717) is 29.8 Å². The summed E-state index contributed by atoms with van der Waals surface area (Å²) in [5.74, 6) is -3.51. The third kappa shape index (κ3) is 3.87. The van der Waals surface area contributed by atoms with E-state index in [1.165, 1.54) is 11.9 Å². The molecule has 9 heteroatoms.